The molecule has 0 fully saturated rings. The Balaban J connectivity index is 2.12. The molecule has 1 heterocycles. The summed E-state index contributed by atoms with van der Waals surface area (Å²) in [5, 5.41) is -0.693. The van der Waals surface area contributed by atoms with Gasteiger partial charge in [0, 0.05) is 5.02 Å². The molecule has 0 saturated carbocycles. The Labute approximate surface area is 181 Å². The van der Waals surface area contributed by atoms with Gasteiger partial charge in [-0.15, -0.1) is 0 Å². The number of sulfone groups is 1. The maximum Gasteiger partial charge on any atom is 0.342 e. The molecule has 0 aliphatic heterocycles. The van der Waals surface area contributed by atoms with E-state index < -0.39 is 26.7 Å². The maximum atomic E-state index is 13.5. The lowest BCUT2D eigenvalue weighted by Crippen LogP contribution is -2.24. The number of carbonyl (C=O) groups is 1. The van der Waals surface area contributed by atoms with Gasteiger partial charge in [-0.25, -0.2) is 13.2 Å². The molecule has 0 N–H and O–H groups in total. The Morgan fingerprint density at radius 1 is 1.03 bits per heavy atom. The fourth-order valence-electron chi connectivity index (χ4n) is 3.05. The van der Waals surface area contributed by atoms with Gasteiger partial charge in [-0.2, -0.15) is 0 Å². The number of halogens is 1. The molecule has 1 unspecified atom stereocenters. The summed E-state index contributed by atoms with van der Waals surface area (Å²) in [6, 6.07) is 16.1. The highest BCUT2D eigenvalue weighted by atomic mass is 35.5. The standard InChI is InChI=1S/C23H23ClO5S/c1-15-19(22(25)29-23(2,3)4)14-20(28-15)21(16-8-6-5-7-9-16)30(26,27)18-12-10-17(24)11-13-18/h5-14,21H,1-4H3. The van der Waals surface area contributed by atoms with Crippen LogP contribution < -0.4 is 0 Å². The predicted molar refractivity (Wildman–Crippen MR) is 116 cm³/mol. The molecule has 0 aliphatic carbocycles. The highest BCUT2D eigenvalue weighted by Crippen LogP contribution is 2.37. The zero-order valence-corrected chi connectivity index (χ0v) is 18.8. The van der Waals surface area contributed by atoms with Crippen molar-refractivity contribution in [3.05, 3.63) is 88.3 Å². The number of rotatable bonds is 5. The molecule has 30 heavy (non-hydrogen) atoms. The summed E-state index contributed by atoms with van der Waals surface area (Å²) in [7, 11) is -3.89. The molecule has 2 aromatic carbocycles. The fourth-order valence-corrected chi connectivity index (χ4v) is 4.91. The predicted octanol–water partition coefficient (Wildman–Crippen LogP) is 5.76. The van der Waals surface area contributed by atoms with E-state index in [0.717, 1.165) is 0 Å². The minimum atomic E-state index is -3.89. The average Bonchev–Trinajstić information content (AvgIpc) is 3.02. The van der Waals surface area contributed by atoms with E-state index in [9.17, 15) is 13.2 Å². The topological polar surface area (TPSA) is 73.6 Å². The van der Waals surface area contributed by atoms with Crippen LogP contribution in [-0.2, 0) is 14.6 Å². The van der Waals surface area contributed by atoms with Crippen LogP contribution in [0.1, 0.15) is 53.5 Å². The smallest absolute Gasteiger partial charge is 0.342 e. The summed E-state index contributed by atoms with van der Waals surface area (Å²) in [5.74, 6) is -0.119. The number of aryl methyl sites for hydroxylation is 1. The van der Waals surface area contributed by atoms with Gasteiger partial charge < -0.3 is 9.15 Å². The Morgan fingerprint density at radius 3 is 2.20 bits per heavy atom. The molecule has 0 bridgehead atoms. The number of furan rings is 1. The molecule has 3 aromatic rings. The molecule has 0 spiro atoms. The molecule has 1 aromatic heterocycles. The Hall–Kier alpha value is -2.57. The van der Waals surface area contributed by atoms with Crippen LogP contribution in [0.25, 0.3) is 0 Å². The summed E-state index contributed by atoms with van der Waals surface area (Å²) in [4.78, 5) is 12.7. The van der Waals surface area contributed by atoms with E-state index in [1.807, 2.05) is 0 Å². The monoisotopic (exact) mass is 446 g/mol. The third-order valence-corrected chi connectivity index (χ3v) is 6.68. The molecule has 0 aliphatic rings. The first-order chi connectivity index (χ1) is 14.0. The number of hydrogen-bond donors (Lipinski definition) is 0. The summed E-state index contributed by atoms with van der Waals surface area (Å²) in [6.45, 7) is 6.90. The van der Waals surface area contributed by atoms with Gasteiger partial charge in [-0.3, -0.25) is 0 Å². The Morgan fingerprint density at radius 2 is 1.63 bits per heavy atom. The second-order valence-electron chi connectivity index (χ2n) is 7.91. The first-order valence-corrected chi connectivity index (χ1v) is 11.3. The van der Waals surface area contributed by atoms with Gasteiger partial charge in [0.15, 0.2) is 9.84 Å². The maximum absolute atomic E-state index is 13.5. The quantitative estimate of drug-likeness (QED) is 0.466. The minimum absolute atomic E-state index is 0.105. The highest BCUT2D eigenvalue weighted by molar-refractivity contribution is 7.91. The molecule has 0 radical (unpaired) electrons. The average molecular weight is 447 g/mol. The van der Waals surface area contributed by atoms with E-state index in [0.29, 0.717) is 16.3 Å². The molecular weight excluding hydrogens is 424 g/mol. The Kier molecular flexibility index (Phi) is 6.11. The second kappa shape index (κ2) is 8.28. The number of esters is 1. The third-order valence-electron chi connectivity index (χ3n) is 4.37. The van der Waals surface area contributed by atoms with Crippen LogP contribution >= 0.6 is 11.6 Å². The second-order valence-corrected chi connectivity index (χ2v) is 10.4. The lowest BCUT2D eigenvalue weighted by Gasteiger charge is -2.19. The summed E-state index contributed by atoms with van der Waals surface area (Å²) in [5.41, 5.74) is 0.0407. The first-order valence-electron chi connectivity index (χ1n) is 9.37. The summed E-state index contributed by atoms with van der Waals surface area (Å²) < 4.78 is 38.3. The SMILES string of the molecule is Cc1oc(C(c2ccccc2)S(=O)(=O)c2ccc(Cl)cc2)cc1C(=O)OC(C)(C)C. The zero-order chi connectivity index (χ0) is 22.1. The molecule has 7 heteroatoms. The van der Waals surface area contributed by atoms with Crippen molar-refractivity contribution in [1.29, 1.82) is 0 Å². The van der Waals surface area contributed by atoms with Crippen molar-refractivity contribution in [1.82, 2.24) is 0 Å². The van der Waals surface area contributed by atoms with Gasteiger partial charge in [-0.1, -0.05) is 41.9 Å². The van der Waals surface area contributed by atoms with Gasteiger partial charge >= 0.3 is 5.97 Å². The Bertz CT molecular complexity index is 1140. The van der Waals surface area contributed by atoms with Crippen LogP contribution in [0.5, 0.6) is 0 Å². The van der Waals surface area contributed by atoms with E-state index in [1.165, 1.54) is 30.3 Å². The van der Waals surface area contributed by atoms with E-state index in [-0.39, 0.29) is 16.2 Å². The van der Waals surface area contributed by atoms with E-state index >= 15 is 0 Å². The zero-order valence-electron chi connectivity index (χ0n) is 17.2. The molecule has 3 rings (SSSR count). The molecule has 0 saturated heterocycles. The number of benzene rings is 2. The van der Waals surface area contributed by atoms with Crippen molar-refractivity contribution < 1.29 is 22.4 Å². The van der Waals surface area contributed by atoms with E-state index in [2.05, 4.69) is 0 Å². The number of ether oxygens (including phenoxy) is 1. The fraction of sp³-hybridized carbons (Fsp3) is 0.261. The number of hydrogen-bond acceptors (Lipinski definition) is 5. The minimum Gasteiger partial charge on any atom is -0.464 e. The van der Waals surface area contributed by atoms with Crippen molar-refractivity contribution in [2.75, 3.05) is 0 Å². The van der Waals surface area contributed by atoms with Gasteiger partial charge in [0.2, 0.25) is 0 Å². The molecular formula is C23H23ClO5S. The lowest BCUT2D eigenvalue weighted by molar-refractivity contribution is 0.00678. The number of carbonyl (C=O) groups excluding carboxylic acids is 1. The van der Waals surface area contributed by atoms with Crippen LogP contribution in [0, 0.1) is 6.92 Å². The van der Waals surface area contributed by atoms with Crippen molar-refractivity contribution in [2.24, 2.45) is 0 Å². The van der Waals surface area contributed by atoms with Crippen molar-refractivity contribution in [2.45, 2.75) is 43.4 Å². The molecule has 5 nitrogen and oxygen atoms in total. The normalized spacial score (nSPS) is 13.1. The van der Waals surface area contributed by atoms with Crippen LogP contribution in [-0.4, -0.2) is 20.0 Å². The van der Waals surface area contributed by atoms with E-state index in [4.69, 9.17) is 20.8 Å². The van der Waals surface area contributed by atoms with Crippen LogP contribution in [0.15, 0.2) is 70.0 Å². The van der Waals surface area contributed by atoms with Gasteiger partial charge in [-0.05, 0) is 63.6 Å². The lowest BCUT2D eigenvalue weighted by atomic mass is 10.1. The van der Waals surface area contributed by atoms with Crippen molar-refractivity contribution in [3.63, 3.8) is 0 Å². The van der Waals surface area contributed by atoms with Crippen LogP contribution in [0.4, 0.5) is 0 Å². The van der Waals surface area contributed by atoms with Crippen LogP contribution in [0.2, 0.25) is 5.02 Å². The van der Waals surface area contributed by atoms with Crippen molar-refractivity contribution in [3.8, 4) is 0 Å². The molecule has 0 amide bonds. The van der Waals surface area contributed by atoms with Crippen molar-refractivity contribution >= 4 is 27.4 Å². The van der Waals surface area contributed by atoms with Gasteiger partial charge in [0.05, 0.1) is 4.90 Å². The third kappa shape index (κ3) is 4.77. The molecule has 1 atom stereocenters. The van der Waals surface area contributed by atoms with Gasteiger partial charge in [0.1, 0.15) is 27.9 Å². The molecule has 158 valence electrons. The first kappa shape index (κ1) is 22.1. The van der Waals surface area contributed by atoms with Crippen LogP contribution in [0.3, 0.4) is 0 Å². The largest absolute Gasteiger partial charge is 0.464 e. The van der Waals surface area contributed by atoms with E-state index in [1.54, 1.807) is 58.0 Å². The summed E-state index contributed by atoms with van der Waals surface area (Å²) >= 11 is 5.92. The van der Waals surface area contributed by atoms with Gasteiger partial charge in [0.25, 0.3) is 0 Å². The summed E-state index contributed by atoms with van der Waals surface area (Å²) in [6.07, 6.45) is 0. The highest BCUT2D eigenvalue weighted by Gasteiger charge is 2.35.